The molecule has 150 valence electrons. The number of halogens is 4. The van der Waals surface area contributed by atoms with Crippen LogP contribution >= 0.6 is 0 Å². The zero-order chi connectivity index (χ0) is 19.8. The number of nitrogens with zero attached hydrogens (tertiary/aromatic N) is 1. The van der Waals surface area contributed by atoms with E-state index in [1.165, 1.54) is 6.92 Å². The van der Waals surface area contributed by atoms with Crippen molar-refractivity contribution in [3.63, 3.8) is 0 Å². The van der Waals surface area contributed by atoms with E-state index in [1.807, 2.05) is 4.90 Å². The number of ether oxygens (including phenoxy) is 1. The first kappa shape index (κ1) is 20.1. The molecule has 2 aliphatic rings. The van der Waals surface area contributed by atoms with Crippen LogP contribution in [0.25, 0.3) is 0 Å². The van der Waals surface area contributed by atoms with Crippen LogP contribution in [0, 0.1) is 17.7 Å². The number of alkyl halides is 3. The first-order valence-electron chi connectivity index (χ1n) is 9.05. The van der Waals surface area contributed by atoms with E-state index < -0.39 is 17.6 Å². The molecule has 1 N–H and O–H groups in total. The average Bonchev–Trinajstić information content (AvgIpc) is 2.95. The molecule has 0 radical (unpaired) electrons. The SMILES string of the molecule is CO[C@@H]1C[C@H]2CN(Cc3cc(C(F)(F)F)ccc3F)C[C@H]2C[C@H]1NC(C)=O. The summed E-state index contributed by atoms with van der Waals surface area (Å²) >= 11 is 0. The zero-order valence-electron chi connectivity index (χ0n) is 15.4. The Bertz CT molecular complexity index is 695. The van der Waals surface area contributed by atoms with Crippen molar-refractivity contribution in [2.75, 3.05) is 20.2 Å². The predicted molar refractivity (Wildman–Crippen MR) is 91.3 cm³/mol. The molecule has 1 saturated heterocycles. The number of nitrogens with one attached hydrogen (secondary N) is 1. The van der Waals surface area contributed by atoms with Gasteiger partial charge in [-0.25, -0.2) is 4.39 Å². The van der Waals surface area contributed by atoms with Crippen molar-refractivity contribution in [2.45, 2.75) is 44.6 Å². The van der Waals surface area contributed by atoms with Gasteiger partial charge in [-0.2, -0.15) is 13.2 Å². The molecule has 1 aliphatic carbocycles. The molecule has 1 amide bonds. The molecule has 1 aromatic rings. The summed E-state index contributed by atoms with van der Waals surface area (Å²) in [6.07, 6.45) is -3.04. The fourth-order valence-corrected chi connectivity index (χ4v) is 4.43. The number of fused-ring (bicyclic) bond motifs is 1. The lowest BCUT2D eigenvalue weighted by molar-refractivity contribution is -0.137. The number of carbonyl (C=O) groups excluding carboxylic acids is 1. The first-order valence-corrected chi connectivity index (χ1v) is 9.05. The highest BCUT2D eigenvalue weighted by Gasteiger charge is 2.42. The minimum absolute atomic E-state index is 0.0603. The number of benzene rings is 1. The van der Waals surface area contributed by atoms with Crippen molar-refractivity contribution in [3.8, 4) is 0 Å². The number of hydrogen-bond acceptors (Lipinski definition) is 3. The van der Waals surface area contributed by atoms with Crippen molar-refractivity contribution in [2.24, 2.45) is 11.8 Å². The summed E-state index contributed by atoms with van der Waals surface area (Å²) in [6.45, 7) is 2.97. The number of carbonyl (C=O) groups is 1. The maximum Gasteiger partial charge on any atom is 0.416 e. The number of hydrogen-bond donors (Lipinski definition) is 1. The van der Waals surface area contributed by atoms with Crippen molar-refractivity contribution in [1.29, 1.82) is 0 Å². The number of likely N-dealkylation sites (tertiary alicyclic amines) is 1. The van der Waals surface area contributed by atoms with Crippen LogP contribution in [0.15, 0.2) is 18.2 Å². The molecule has 8 heteroatoms. The third-order valence-electron chi connectivity index (χ3n) is 5.65. The highest BCUT2D eigenvalue weighted by molar-refractivity contribution is 5.73. The van der Waals surface area contributed by atoms with Crippen LogP contribution in [-0.2, 0) is 22.3 Å². The largest absolute Gasteiger partial charge is 0.416 e. The Kier molecular flexibility index (Phi) is 5.76. The van der Waals surface area contributed by atoms with Gasteiger partial charge in [0.25, 0.3) is 0 Å². The Labute approximate surface area is 155 Å². The van der Waals surface area contributed by atoms with Gasteiger partial charge in [-0.1, -0.05) is 0 Å². The molecule has 0 unspecified atom stereocenters. The molecule has 4 nitrogen and oxygen atoms in total. The third-order valence-corrected chi connectivity index (χ3v) is 5.65. The quantitative estimate of drug-likeness (QED) is 0.806. The summed E-state index contributed by atoms with van der Waals surface area (Å²) in [6, 6.07) is 2.48. The lowest BCUT2D eigenvalue weighted by atomic mass is 9.77. The summed E-state index contributed by atoms with van der Waals surface area (Å²) in [5.41, 5.74) is -0.772. The summed E-state index contributed by atoms with van der Waals surface area (Å²) in [5.74, 6) is -0.0962. The molecule has 1 aliphatic heterocycles. The van der Waals surface area contributed by atoms with Crippen molar-refractivity contribution >= 4 is 5.91 Å². The van der Waals surface area contributed by atoms with E-state index in [1.54, 1.807) is 7.11 Å². The van der Waals surface area contributed by atoms with Gasteiger partial charge >= 0.3 is 6.18 Å². The highest BCUT2D eigenvalue weighted by atomic mass is 19.4. The molecule has 4 atom stereocenters. The van der Waals surface area contributed by atoms with Crippen molar-refractivity contribution < 1.29 is 27.1 Å². The van der Waals surface area contributed by atoms with E-state index in [2.05, 4.69) is 5.32 Å². The molecule has 0 spiro atoms. The molecule has 3 rings (SSSR count). The summed E-state index contributed by atoms with van der Waals surface area (Å²) in [7, 11) is 1.62. The second-order valence-electron chi connectivity index (χ2n) is 7.57. The molecular weight excluding hydrogens is 364 g/mol. The van der Waals surface area contributed by atoms with E-state index in [9.17, 15) is 22.4 Å². The Balaban J connectivity index is 1.69. The van der Waals surface area contributed by atoms with Gasteiger partial charge in [0.15, 0.2) is 0 Å². The summed E-state index contributed by atoms with van der Waals surface area (Å²) in [5, 5.41) is 2.93. The number of rotatable bonds is 4. The molecule has 2 fully saturated rings. The second kappa shape index (κ2) is 7.75. The Morgan fingerprint density at radius 2 is 1.93 bits per heavy atom. The van der Waals surface area contributed by atoms with E-state index in [0.29, 0.717) is 24.9 Å². The van der Waals surface area contributed by atoms with Gasteiger partial charge in [-0.05, 0) is 42.9 Å². The highest BCUT2D eigenvalue weighted by Crippen LogP contribution is 2.38. The van der Waals surface area contributed by atoms with E-state index >= 15 is 0 Å². The maximum absolute atomic E-state index is 14.0. The topological polar surface area (TPSA) is 41.6 Å². The van der Waals surface area contributed by atoms with Gasteiger partial charge in [0.2, 0.25) is 5.91 Å². The standard InChI is InChI=1S/C19H24F4N2O2/c1-11(26)24-17-6-12-8-25(9-13(12)7-18(17)27-2)10-14-5-15(19(21,22)23)3-4-16(14)20/h3-5,12-13,17-18H,6-10H2,1-2H3,(H,24,26)/t12-,13+,17-,18-/m1/s1. The van der Waals surface area contributed by atoms with Crippen molar-refractivity contribution in [1.82, 2.24) is 10.2 Å². The third kappa shape index (κ3) is 4.60. The van der Waals surface area contributed by atoms with Crippen LogP contribution in [0.5, 0.6) is 0 Å². The van der Waals surface area contributed by atoms with Gasteiger partial charge in [0.05, 0.1) is 17.7 Å². The fourth-order valence-electron chi connectivity index (χ4n) is 4.43. The average molecular weight is 388 g/mol. The first-order chi connectivity index (χ1) is 12.7. The number of methoxy groups -OCH3 is 1. The lowest BCUT2D eigenvalue weighted by Gasteiger charge is -2.37. The molecule has 1 aromatic carbocycles. The fraction of sp³-hybridized carbons (Fsp3) is 0.632. The molecule has 0 aromatic heterocycles. The van der Waals surface area contributed by atoms with Crippen LogP contribution in [0.2, 0.25) is 0 Å². The van der Waals surface area contributed by atoms with Gasteiger partial charge in [0.1, 0.15) is 5.82 Å². The maximum atomic E-state index is 14.0. The normalized spacial score (nSPS) is 28.8. The Hall–Kier alpha value is -1.67. The van der Waals surface area contributed by atoms with Crippen molar-refractivity contribution in [3.05, 3.63) is 35.1 Å². The summed E-state index contributed by atoms with van der Waals surface area (Å²) < 4.78 is 58.3. The monoisotopic (exact) mass is 388 g/mol. The van der Waals surface area contributed by atoms with E-state index in [4.69, 9.17) is 4.74 Å². The minimum atomic E-state index is -4.49. The smallest absolute Gasteiger partial charge is 0.379 e. The van der Waals surface area contributed by atoms with Crippen LogP contribution in [-0.4, -0.2) is 43.2 Å². The van der Waals surface area contributed by atoms with Crippen LogP contribution in [0.3, 0.4) is 0 Å². The molecule has 0 bridgehead atoms. The van der Waals surface area contributed by atoms with Gasteiger partial charge < -0.3 is 10.1 Å². The van der Waals surface area contributed by atoms with E-state index in [-0.39, 0.29) is 30.2 Å². The lowest BCUT2D eigenvalue weighted by Crippen LogP contribution is -2.49. The zero-order valence-corrected chi connectivity index (χ0v) is 15.4. The second-order valence-corrected chi connectivity index (χ2v) is 7.57. The molecular formula is C19H24F4N2O2. The van der Waals surface area contributed by atoms with Gasteiger partial charge in [-0.3, -0.25) is 9.69 Å². The molecule has 1 saturated carbocycles. The molecule has 1 heterocycles. The van der Waals surface area contributed by atoms with E-state index in [0.717, 1.165) is 31.0 Å². The van der Waals surface area contributed by atoms with Crippen LogP contribution in [0.1, 0.15) is 30.9 Å². The minimum Gasteiger partial charge on any atom is -0.379 e. The molecule has 27 heavy (non-hydrogen) atoms. The van der Waals surface area contributed by atoms with Gasteiger partial charge in [0, 0.05) is 39.2 Å². The van der Waals surface area contributed by atoms with Gasteiger partial charge in [-0.15, -0.1) is 0 Å². The number of amides is 1. The Morgan fingerprint density at radius 3 is 2.52 bits per heavy atom. The van der Waals surface area contributed by atoms with Crippen LogP contribution < -0.4 is 5.32 Å². The predicted octanol–water partition coefficient (Wildman–Crippen LogP) is 3.21. The Morgan fingerprint density at radius 1 is 1.26 bits per heavy atom. The van der Waals surface area contributed by atoms with Crippen LogP contribution in [0.4, 0.5) is 17.6 Å². The summed E-state index contributed by atoms with van der Waals surface area (Å²) in [4.78, 5) is 13.4.